The van der Waals surface area contributed by atoms with E-state index in [0.717, 1.165) is 50.3 Å². The Labute approximate surface area is 348 Å². The fourth-order valence-corrected chi connectivity index (χ4v) is 9.14. The van der Waals surface area contributed by atoms with Crippen LogP contribution < -0.4 is 10.2 Å². The van der Waals surface area contributed by atoms with Gasteiger partial charge in [0.25, 0.3) is 11.8 Å². The largest absolute Gasteiger partial charge is 0.379 e. The van der Waals surface area contributed by atoms with Crippen LogP contribution in [0.1, 0.15) is 105 Å². The van der Waals surface area contributed by atoms with Crippen molar-refractivity contribution in [2.24, 2.45) is 0 Å². The van der Waals surface area contributed by atoms with Crippen molar-refractivity contribution in [1.82, 2.24) is 20.1 Å². The second-order valence-electron chi connectivity index (χ2n) is 16.3. The maximum absolute atomic E-state index is 14.1. The third-order valence-corrected chi connectivity index (χ3v) is 12.4. The lowest BCUT2D eigenvalue weighted by molar-refractivity contribution is -0.136. The van der Waals surface area contributed by atoms with Crippen molar-refractivity contribution in [3.63, 3.8) is 0 Å². The van der Waals surface area contributed by atoms with Crippen molar-refractivity contribution in [1.29, 1.82) is 0 Å². The van der Waals surface area contributed by atoms with E-state index in [4.69, 9.17) is 16.0 Å². The van der Waals surface area contributed by atoms with Gasteiger partial charge in [-0.3, -0.25) is 39.0 Å². The number of carbonyl (C=O) groups is 6. The molecule has 8 rings (SSSR count). The highest BCUT2D eigenvalue weighted by Crippen LogP contribution is 2.46. The molecule has 0 saturated carbocycles. The Hall–Kier alpha value is -6.17. The Morgan fingerprint density at radius 1 is 0.883 bits per heavy atom. The van der Waals surface area contributed by atoms with E-state index in [0.29, 0.717) is 81.2 Å². The summed E-state index contributed by atoms with van der Waals surface area (Å²) >= 11 is 0. The molecule has 1 aliphatic carbocycles. The SMILES string of the molecule is [C-]#[N+]c1ccc2c3c([nH]c2c1)C(C)(C)c1cc(N2CCN(C(=O)CCOCCOCCCc4cccc5c4C(=O)N(C4CCC(=O)NC4=O)C5=O)CC2)c(CC)cc1C3=O. The van der Waals surface area contributed by atoms with Gasteiger partial charge in [-0.05, 0) is 66.6 Å². The predicted molar refractivity (Wildman–Crippen MR) is 222 cm³/mol. The number of piperazine rings is 1. The Morgan fingerprint density at radius 2 is 1.65 bits per heavy atom. The monoisotopic (exact) mass is 812 g/mol. The average molecular weight is 813 g/mol. The number of imide groups is 2. The van der Waals surface area contributed by atoms with Gasteiger partial charge in [0.05, 0.1) is 49.5 Å². The molecule has 3 aliphatic heterocycles. The van der Waals surface area contributed by atoms with Gasteiger partial charge >= 0.3 is 0 Å². The van der Waals surface area contributed by atoms with Gasteiger partial charge in [-0.1, -0.05) is 45.0 Å². The van der Waals surface area contributed by atoms with Crippen LogP contribution in [0.25, 0.3) is 15.7 Å². The van der Waals surface area contributed by atoms with Crippen LogP contribution in [-0.2, 0) is 42.1 Å². The van der Waals surface area contributed by atoms with Crippen LogP contribution in [0.5, 0.6) is 0 Å². The number of anilines is 1. The van der Waals surface area contributed by atoms with E-state index in [1.165, 1.54) is 0 Å². The molecule has 4 aromatic rings. The van der Waals surface area contributed by atoms with E-state index in [1.54, 1.807) is 30.3 Å². The first-order chi connectivity index (χ1) is 28.9. The molecule has 1 aromatic heterocycles. The molecule has 2 fully saturated rings. The van der Waals surface area contributed by atoms with E-state index in [2.05, 4.69) is 52.9 Å². The third-order valence-electron chi connectivity index (χ3n) is 12.4. The molecular weight excluding hydrogens is 765 g/mol. The number of fused-ring (bicyclic) bond motifs is 5. The lowest BCUT2D eigenvalue weighted by Crippen LogP contribution is -2.54. The summed E-state index contributed by atoms with van der Waals surface area (Å²) in [5.41, 5.74) is 7.54. The molecule has 0 bridgehead atoms. The van der Waals surface area contributed by atoms with Crippen molar-refractivity contribution in [3.8, 4) is 0 Å². The summed E-state index contributed by atoms with van der Waals surface area (Å²) in [5.74, 6) is -2.05. The first-order valence-electron chi connectivity index (χ1n) is 20.7. The van der Waals surface area contributed by atoms with Crippen molar-refractivity contribution >= 4 is 57.6 Å². The summed E-state index contributed by atoms with van der Waals surface area (Å²) < 4.78 is 11.5. The molecule has 14 nitrogen and oxygen atoms in total. The van der Waals surface area contributed by atoms with Crippen LogP contribution >= 0.6 is 0 Å². The maximum Gasteiger partial charge on any atom is 0.262 e. The number of H-pyrrole nitrogens is 1. The minimum Gasteiger partial charge on any atom is -0.379 e. The van der Waals surface area contributed by atoms with E-state index in [1.807, 2.05) is 11.0 Å². The van der Waals surface area contributed by atoms with Crippen LogP contribution in [0.3, 0.4) is 0 Å². The minimum absolute atomic E-state index is 0.00128. The number of aromatic amines is 1. The van der Waals surface area contributed by atoms with Crippen LogP contribution in [0, 0.1) is 6.57 Å². The lowest BCUT2D eigenvalue weighted by Gasteiger charge is -2.39. The quantitative estimate of drug-likeness (QED) is 0.104. The van der Waals surface area contributed by atoms with Gasteiger partial charge in [-0.25, -0.2) is 4.85 Å². The first-order valence-corrected chi connectivity index (χ1v) is 20.7. The third kappa shape index (κ3) is 7.26. The minimum atomic E-state index is -1.00. The number of hydrogen-bond donors (Lipinski definition) is 2. The number of piperidine rings is 1. The highest BCUT2D eigenvalue weighted by Gasteiger charge is 2.45. The van der Waals surface area contributed by atoms with Gasteiger partial charge in [0.1, 0.15) is 6.04 Å². The zero-order valence-corrected chi connectivity index (χ0v) is 34.2. The molecule has 5 amide bonds. The van der Waals surface area contributed by atoms with Gasteiger partial charge in [-0.15, -0.1) is 0 Å². The fourth-order valence-electron chi connectivity index (χ4n) is 9.14. The molecule has 2 N–H and O–H groups in total. The zero-order chi connectivity index (χ0) is 42.3. The summed E-state index contributed by atoms with van der Waals surface area (Å²) in [5, 5.41) is 3.06. The molecule has 2 saturated heterocycles. The Kier molecular flexibility index (Phi) is 11.1. The number of aromatic nitrogens is 1. The summed E-state index contributed by atoms with van der Waals surface area (Å²) in [6.07, 6.45) is 2.29. The van der Waals surface area contributed by atoms with Crippen LogP contribution in [0.15, 0.2) is 48.5 Å². The molecule has 1 atom stereocenters. The van der Waals surface area contributed by atoms with E-state index >= 15 is 0 Å². The normalized spacial score (nSPS) is 18.4. The number of benzene rings is 3. The van der Waals surface area contributed by atoms with Crippen LogP contribution in [-0.4, -0.2) is 109 Å². The van der Waals surface area contributed by atoms with Crippen molar-refractivity contribution in [3.05, 3.63) is 105 Å². The topological polar surface area (TPSA) is 163 Å². The fraction of sp³-hybridized carbons (Fsp3) is 0.413. The number of aryl methyl sites for hydroxylation is 2. The number of nitrogens with one attached hydrogen (secondary N) is 2. The number of hydrogen-bond acceptors (Lipinski definition) is 9. The maximum atomic E-state index is 14.1. The number of nitrogens with zero attached hydrogens (tertiary/aromatic N) is 4. The van der Waals surface area contributed by atoms with E-state index in [-0.39, 0.29) is 43.1 Å². The van der Waals surface area contributed by atoms with Gasteiger partial charge in [0.15, 0.2) is 11.5 Å². The zero-order valence-electron chi connectivity index (χ0n) is 34.2. The van der Waals surface area contributed by atoms with Crippen molar-refractivity contribution < 1.29 is 38.2 Å². The summed E-state index contributed by atoms with van der Waals surface area (Å²) in [6, 6.07) is 13.8. The average Bonchev–Trinajstić information content (AvgIpc) is 3.77. The lowest BCUT2D eigenvalue weighted by atomic mass is 9.70. The molecule has 310 valence electrons. The van der Waals surface area contributed by atoms with Gasteiger partial charge in [-0.2, -0.15) is 0 Å². The molecule has 1 unspecified atom stereocenters. The highest BCUT2D eigenvalue weighted by molar-refractivity contribution is 6.24. The second kappa shape index (κ2) is 16.5. The number of carbonyl (C=O) groups excluding carboxylic acids is 6. The number of ether oxygens (including phenoxy) is 2. The molecule has 0 spiro atoms. The summed E-state index contributed by atoms with van der Waals surface area (Å²) in [6.45, 7) is 17.7. The van der Waals surface area contributed by atoms with Gasteiger partial charge < -0.3 is 24.3 Å². The van der Waals surface area contributed by atoms with E-state index < -0.39 is 35.1 Å². The summed E-state index contributed by atoms with van der Waals surface area (Å²) in [7, 11) is 0. The smallest absolute Gasteiger partial charge is 0.262 e. The standard InChI is InChI=1S/C46H48N6O8/c1-5-27-24-32-33(46(2,3)42-40(41(32)55)30-12-11-29(47-4)25-34(30)48-42)26-36(27)50-16-18-51(19-17-50)38(54)15-21-60-23-22-59-20-7-9-28-8-6-10-31-39(28)45(58)52(44(31)57)35-13-14-37(53)49-43(35)56/h6,8,10-12,24-26,35,48H,5,7,9,13-23H2,1-3H3,(H,49,53,56). The molecule has 4 aliphatic rings. The van der Waals surface area contributed by atoms with Crippen molar-refractivity contribution in [2.45, 2.75) is 70.8 Å². The van der Waals surface area contributed by atoms with Crippen molar-refractivity contribution in [2.75, 3.05) is 57.5 Å². The molecule has 4 heterocycles. The van der Waals surface area contributed by atoms with Crippen LogP contribution in [0.2, 0.25) is 0 Å². The van der Waals surface area contributed by atoms with Gasteiger partial charge in [0, 0.05) is 72.5 Å². The summed E-state index contributed by atoms with van der Waals surface area (Å²) in [4.78, 5) is 89.8. The molecular formula is C46H48N6O8. The number of rotatable bonds is 13. The Balaban J connectivity index is 0.777. The predicted octanol–water partition coefficient (Wildman–Crippen LogP) is 5.26. The number of amides is 5. The molecule has 0 radical (unpaired) electrons. The van der Waals surface area contributed by atoms with E-state index in [9.17, 15) is 28.8 Å². The van der Waals surface area contributed by atoms with Gasteiger partial charge in [0.2, 0.25) is 17.7 Å². The molecule has 60 heavy (non-hydrogen) atoms. The Bertz CT molecular complexity index is 2490. The first kappa shape index (κ1) is 40.6. The highest BCUT2D eigenvalue weighted by atomic mass is 16.5. The molecule has 3 aromatic carbocycles. The Morgan fingerprint density at radius 3 is 2.38 bits per heavy atom. The number of ketones is 1. The molecule has 14 heteroatoms. The second-order valence-corrected chi connectivity index (χ2v) is 16.3. The van der Waals surface area contributed by atoms with Crippen LogP contribution in [0.4, 0.5) is 11.4 Å².